The number of amides is 1. The lowest BCUT2D eigenvalue weighted by Gasteiger charge is -2.19. The maximum Gasteiger partial charge on any atom is 0.407 e. The molecule has 0 saturated heterocycles. The van der Waals surface area contributed by atoms with Gasteiger partial charge in [0.25, 0.3) is 0 Å². The summed E-state index contributed by atoms with van der Waals surface area (Å²) < 4.78 is 5.16. The second-order valence-electron chi connectivity index (χ2n) is 5.47. The molecule has 0 aromatic heterocycles. The van der Waals surface area contributed by atoms with Gasteiger partial charge < -0.3 is 10.1 Å². The summed E-state index contributed by atoms with van der Waals surface area (Å²) in [6, 6.07) is 8.52. The fourth-order valence-electron chi connectivity index (χ4n) is 1.41. The van der Waals surface area contributed by atoms with Crippen molar-refractivity contribution in [3.63, 3.8) is 0 Å². The molecular formula is C15H23NO2S. The molecule has 0 unspecified atom stereocenters. The van der Waals surface area contributed by atoms with Crippen molar-refractivity contribution in [2.75, 3.05) is 12.3 Å². The Morgan fingerprint density at radius 2 is 1.89 bits per heavy atom. The number of aryl methyl sites for hydroxylation is 1. The van der Waals surface area contributed by atoms with E-state index in [0.717, 1.165) is 11.5 Å². The minimum atomic E-state index is -0.431. The van der Waals surface area contributed by atoms with Crippen LogP contribution in [0.15, 0.2) is 24.3 Å². The third-order valence-electron chi connectivity index (χ3n) is 2.30. The first-order valence-corrected chi connectivity index (χ1v) is 7.62. The number of hydrogen-bond donors (Lipinski definition) is 1. The number of carbonyl (C=O) groups excluding carboxylic acids is 1. The molecule has 4 heteroatoms. The second kappa shape index (κ2) is 7.43. The zero-order valence-electron chi connectivity index (χ0n) is 12.2. The maximum atomic E-state index is 11.4. The van der Waals surface area contributed by atoms with Gasteiger partial charge in [0.1, 0.15) is 5.60 Å². The average Bonchev–Trinajstić information content (AvgIpc) is 2.29. The first kappa shape index (κ1) is 15.9. The van der Waals surface area contributed by atoms with E-state index < -0.39 is 5.60 Å². The van der Waals surface area contributed by atoms with Gasteiger partial charge in [0, 0.05) is 18.1 Å². The topological polar surface area (TPSA) is 38.3 Å². The summed E-state index contributed by atoms with van der Waals surface area (Å²) >= 11 is 1.80. The minimum Gasteiger partial charge on any atom is -0.444 e. The Hall–Kier alpha value is -1.16. The van der Waals surface area contributed by atoms with Crippen LogP contribution in [0.3, 0.4) is 0 Å². The van der Waals surface area contributed by atoms with Gasteiger partial charge in [-0.3, -0.25) is 0 Å². The lowest BCUT2D eigenvalue weighted by Crippen LogP contribution is -2.33. The normalized spacial score (nSPS) is 11.2. The number of ether oxygens (including phenoxy) is 1. The Bertz CT molecular complexity index is 396. The SMILES string of the molecule is Cc1ccc(CSCCNC(=O)OC(C)(C)C)cc1. The molecule has 0 spiro atoms. The van der Waals surface area contributed by atoms with Gasteiger partial charge in [0.2, 0.25) is 0 Å². The zero-order valence-corrected chi connectivity index (χ0v) is 13.0. The summed E-state index contributed by atoms with van der Waals surface area (Å²) in [7, 11) is 0. The quantitative estimate of drug-likeness (QED) is 0.835. The van der Waals surface area contributed by atoms with Gasteiger partial charge in [0.05, 0.1) is 0 Å². The van der Waals surface area contributed by atoms with E-state index >= 15 is 0 Å². The minimum absolute atomic E-state index is 0.344. The monoisotopic (exact) mass is 281 g/mol. The molecule has 19 heavy (non-hydrogen) atoms. The highest BCUT2D eigenvalue weighted by molar-refractivity contribution is 7.98. The zero-order chi connectivity index (χ0) is 14.3. The summed E-state index contributed by atoms with van der Waals surface area (Å²) in [5, 5.41) is 2.75. The number of benzene rings is 1. The predicted molar refractivity (Wildman–Crippen MR) is 81.6 cm³/mol. The van der Waals surface area contributed by atoms with Crippen molar-refractivity contribution < 1.29 is 9.53 Å². The maximum absolute atomic E-state index is 11.4. The van der Waals surface area contributed by atoms with Crippen LogP contribution in [0, 0.1) is 6.92 Å². The van der Waals surface area contributed by atoms with Crippen LogP contribution in [0.25, 0.3) is 0 Å². The Morgan fingerprint density at radius 3 is 2.47 bits per heavy atom. The van der Waals surface area contributed by atoms with Gasteiger partial charge in [-0.1, -0.05) is 29.8 Å². The summed E-state index contributed by atoms with van der Waals surface area (Å²) in [5.74, 6) is 1.85. The molecule has 0 saturated carbocycles. The fraction of sp³-hybridized carbons (Fsp3) is 0.533. The molecule has 0 heterocycles. The highest BCUT2D eigenvalue weighted by atomic mass is 32.2. The van der Waals surface area contributed by atoms with Crippen molar-refractivity contribution in [1.29, 1.82) is 0 Å². The largest absolute Gasteiger partial charge is 0.444 e. The van der Waals surface area contributed by atoms with Crippen molar-refractivity contribution in [2.24, 2.45) is 0 Å². The van der Waals surface area contributed by atoms with Crippen molar-refractivity contribution in [2.45, 2.75) is 39.0 Å². The van der Waals surface area contributed by atoms with Crippen LogP contribution in [0.4, 0.5) is 4.79 Å². The molecule has 0 atom stereocenters. The molecule has 0 aliphatic heterocycles. The molecule has 1 rings (SSSR count). The van der Waals surface area contributed by atoms with E-state index in [2.05, 4.69) is 36.5 Å². The molecule has 1 aromatic rings. The van der Waals surface area contributed by atoms with E-state index in [1.807, 2.05) is 20.8 Å². The highest BCUT2D eigenvalue weighted by Gasteiger charge is 2.15. The molecule has 0 aliphatic carbocycles. The number of rotatable bonds is 5. The molecule has 1 N–H and O–H groups in total. The van der Waals surface area contributed by atoms with Crippen LogP contribution in [-0.2, 0) is 10.5 Å². The van der Waals surface area contributed by atoms with Crippen LogP contribution >= 0.6 is 11.8 Å². The van der Waals surface area contributed by atoms with Crippen LogP contribution in [0.2, 0.25) is 0 Å². The first-order valence-electron chi connectivity index (χ1n) is 6.47. The fourth-order valence-corrected chi connectivity index (χ4v) is 2.23. The summed E-state index contributed by atoms with van der Waals surface area (Å²) in [5.41, 5.74) is 2.16. The molecule has 106 valence electrons. The number of carbonyl (C=O) groups is 1. The smallest absolute Gasteiger partial charge is 0.407 e. The summed E-state index contributed by atoms with van der Waals surface area (Å²) in [6.45, 7) is 8.29. The molecule has 0 radical (unpaired) electrons. The van der Waals surface area contributed by atoms with Gasteiger partial charge in [-0.25, -0.2) is 4.79 Å². The Kier molecular flexibility index (Phi) is 6.22. The van der Waals surface area contributed by atoms with E-state index in [4.69, 9.17) is 4.74 Å². The van der Waals surface area contributed by atoms with Crippen LogP contribution < -0.4 is 5.32 Å². The lowest BCUT2D eigenvalue weighted by atomic mass is 10.2. The van der Waals surface area contributed by atoms with E-state index in [1.54, 1.807) is 11.8 Å². The Labute approximate surface area is 120 Å². The number of thioether (sulfide) groups is 1. The van der Waals surface area contributed by atoms with Crippen molar-refractivity contribution in [1.82, 2.24) is 5.32 Å². The lowest BCUT2D eigenvalue weighted by molar-refractivity contribution is 0.0531. The standard InChI is InChI=1S/C15H23NO2S/c1-12-5-7-13(8-6-12)11-19-10-9-16-14(17)18-15(2,3)4/h5-8H,9-11H2,1-4H3,(H,16,17). The molecule has 3 nitrogen and oxygen atoms in total. The van der Waals surface area contributed by atoms with E-state index in [1.165, 1.54) is 11.1 Å². The van der Waals surface area contributed by atoms with E-state index in [9.17, 15) is 4.79 Å². The van der Waals surface area contributed by atoms with Gasteiger partial charge >= 0.3 is 6.09 Å². The van der Waals surface area contributed by atoms with Crippen molar-refractivity contribution >= 4 is 17.9 Å². The van der Waals surface area contributed by atoms with Crippen molar-refractivity contribution in [3.8, 4) is 0 Å². The average molecular weight is 281 g/mol. The summed E-state index contributed by atoms with van der Waals surface area (Å²) in [4.78, 5) is 11.4. The van der Waals surface area contributed by atoms with E-state index in [0.29, 0.717) is 6.54 Å². The van der Waals surface area contributed by atoms with Gasteiger partial charge in [0.15, 0.2) is 0 Å². The molecular weight excluding hydrogens is 258 g/mol. The molecule has 0 aliphatic rings. The Morgan fingerprint density at radius 1 is 1.26 bits per heavy atom. The first-order chi connectivity index (χ1) is 8.87. The van der Waals surface area contributed by atoms with E-state index in [-0.39, 0.29) is 6.09 Å². The predicted octanol–water partition coefficient (Wildman–Crippen LogP) is 3.75. The van der Waals surface area contributed by atoms with Gasteiger partial charge in [-0.05, 0) is 33.3 Å². The summed E-state index contributed by atoms with van der Waals surface area (Å²) in [6.07, 6.45) is -0.344. The second-order valence-corrected chi connectivity index (χ2v) is 6.57. The highest BCUT2D eigenvalue weighted by Crippen LogP contribution is 2.12. The molecule has 0 bridgehead atoms. The number of hydrogen-bond acceptors (Lipinski definition) is 3. The molecule has 1 amide bonds. The third kappa shape index (κ3) is 7.78. The van der Waals surface area contributed by atoms with Crippen LogP contribution in [0.1, 0.15) is 31.9 Å². The number of nitrogens with one attached hydrogen (secondary N) is 1. The van der Waals surface area contributed by atoms with Gasteiger partial charge in [-0.15, -0.1) is 0 Å². The van der Waals surface area contributed by atoms with Crippen LogP contribution in [-0.4, -0.2) is 24.0 Å². The Balaban J connectivity index is 2.11. The molecule has 0 fully saturated rings. The van der Waals surface area contributed by atoms with Crippen LogP contribution in [0.5, 0.6) is 0 Å². The number of alkyl carbamates (subject to hydrolysis) is 1. The third-order valence-corrected chi connectivity index (χ3v) is 3.33. The van der Waals surface area contributed by atoms with Gasteiger partial charge in [-0.2, -0.15) is 11.8 Å². The molecule has 1 aromatic carbocycles. The van der Waals surface area contributed by atoms with Crippen molar-refractivity contribution in [3.05, 3.63) is 35.4 Å².